The minimum absolute atomic E-state index is 0.137. The second kappa shape index (κ2) is 5.15. The first kappa shape index (κ1) is 11.9. The molecular weight excluding hydrogens is 204 g/mol. The average molecular weight is 226 g/mol. The second-order valence-corrected chi connectivity index (χ2v) is 5.37. The van der Waals surface area contributed by atoms with Gasteiger partial charge >= 0.3 is 0 Å². The highest BCUT2D eigenvalue weighted by Crippen LogP contribution is 2.28. The van der Waals surface area contributed by atoms with Crippen molar-refractivity contribution in [3.63, 3.8) is 0 Å². The molecule has 0 aromatic heterocycles. The first-order valence-electron chi connectivity index (χ1n) is 6.26. The van der Waals surface area contributed by atoms with E-state index in [1.165, 1.54) is 0 Å². The van der Waals surface area contributed by atoms with Crippen molar-refractivity contribution in [3.05, 3.63) is 0 Å². The number of carbonyl (C=O) groups is 1. The van der Waals surface area contributed by atoms with E-state index in [-0.39, 0.29) is 5.91 Å². The van der Waals surface area contributed by atoms with E-state index in [2.05, 4.69) is 17.6 Å². The van der Waals surface area contributed by atoms with E-state index in [0.717, 1.165) is 45.4 Å². The zero-order chi connectivity index (χ0) is 11.4. The Labute approximate surface area is 97.1 Å². The van der Waals surface area contributed by atoms with Gasteiger partial charge in [-0.05, 0) is 31.1 Å². The highest BCUT2D eigenvalue weighted by molar-refractivity contribution is 5.78. The maximum atomic E-state index is 11.4. The number of carbonyl (C=O) groups excluding carboxylic acids is 1. The van der Waals surface area contributed by atoms with Crippen LogP contribution in [-0.2, 0) is 9.53 Å². The third kappa shape index (κ3) is 3.76. The molecule has 1 aliphatic carbocycles. The quantitative estimate of drug-likeness (QED) is 0.724. The number of amides is 1. The van der Waals surface area contributed by atoms with Crippen LogP contribution in [0.1, 0.15) is 32.6 Å². The second-order valence-electron chi connectivity index (χ2n) is 5.37. The van der Waals surface area contributed by atoms with Gasteiger partial charge in [0, 0.05) is 25.8 Å². The third-order valence-corrected chi connectivity index (χ3v) is 3.48. The summed E-state index contributed by atoms with van der Waals surface area (Å²) in [6.07, 6.45) is 4.48. The fraction of sp³-hybridized carbons (Fsp3) is 0.917. The van der Waals surface area contributed by atoms with Crippen LogP contribution >= 0.6 is 0 Å². The largest absolute Gasteiger partial charge is 0.381 e. The van der Waals surface area contributed by atoms with Crippen molar-refractivity contribution >= 4 is 5.91 Å². The maximum absolute atomic E-state index is 11.4. The molecule has 0 radical (unpaired) electrons. The van der Waals surface area contributed by atoms with Crippen LogP contribution in [0, 0.1) is 5.41 Å². The Morgan fingerprint density at radius 2 is 2.06 bits per heavy atom. The molecule has 1 amide bonds. The summed E-state index contributed by atoms with van der Waals surface area (Å²) in [7, 11) is 0. The van der Waals surface area contributed by atoms with Crippen LogP contribution in [0.3, 0.4) is 0 Å². The molecule has 4 heteroatoms. The van der Waals surface area contributed by atoms with Crippen LogP contribution in [0.25, 0.3) is 0 Å². The lowest BCUT2D eigenvalue weighted by molar-refractivity contribution is -0.120. The number of hydrogen-bond donors (Lipinski definition) is 2. The molecule has 2 N–H and O–H groups in total. The van der Waals surface area contributed by atoms with E-state index in [0.29, 0.717) is 18.0 Å². The molecule has 92 valence electrons. The molecule has 1 heterocycles. The molecule has 0 spiro atoms. The Balaban J connectivity index is 1.60. The zero-order valence-electron chi connectivity index (χ0n) is 10.1. The smallest absolute Gasteiger partial charge is 0.234 e. The fourth-order valence-electron chi connectivity index (χ4n) is 2.03. The van der Waals surface area contributed by atoms with Gasteiger partial charge in [-0.2, -0.15) is 0 Å². The molecular formula is C12H22N2O2. The molecule has 4 nitrogen and oxygen atoms in total. The van der Waals surface area contributed by atoms with E-state index in [9.17, 15) is 4.79 Å². The summed E-state index contributed by atoms with van der Waals surface area (Å²) in [5.41, 5.74) is 0.304. The minimum atomic E-state index is 0.137. The highest BCUT2D eigenvalue weighted by Gasteiger charge is 2.27. The number of ether oxygens (including phenoxy) is 1. The molecule has 2 fully saturated rings. The molecule has 16 heavy (non-hydrogen) atoms. The van der Waals surface area contributed by atoms with Gasteiger partial charge in [0.15, 0.2) is 0 Å². The summed E-state index contributed by atoms with van der Waals surface area (Å²) in [4.78, 5) is 11.4. The summed E-state index contributed by atoms with van der Waals surface area (Å²) in [5.74, 6) is 0.137. The van der Waals surface area contributed by atoms with Crippen LogP contribution in [0.2, 0.25) is 0 Å². The van der Waals surface area contributed by atoms with E-state index in [1.54, 1.807) is 0 Å². The SMILES string of the molecule is CC1(CNCC(=O)NC2CC2)CCOCC1. The Bertz CT molecular complexity index is 245. The van der Waals surface area contributed by atoms with Crippen LogP contribution in [0.15, 0.2) is 0 Å². The Kier molecular flexibility index (Phi) is 3.82. The average Bonchev–Trinajstić information content (AvgIpc) is 3.02. The molecule has 0 bridgehead atoms. The van der Waals surface area contributed by atoms with Crippen molar-refractivity contribution in [3.8, 4) is 0 Å². The fourth-order valence-corrected chi connectivity index (χ4v) is 2.03. The summed E-state index contributed by atoms with van der Waals surface area (Å²) >= 11 is 0. The van der Waals surface area contributed by atoms with Crippen molar-refractivity contribution in [2.24, 2.45) is 5.41 Å². The van der Waals surface area contributed by atoms with Gasteiger partial charge in [0.05, 0.1) is 6.54 Å². The zero-order valence-corrected chi connectivity index (χ0v) is 10.1. The molecule has 2 rings (SSSR count). The summed E-state index contributed by atoms with van der Waals surface area (Å²) < 4.78 is 5.35. The molecule has 1 aliphatic heterocycles. The number of nitrogens with one attached hydrogen (secondary N) is 2. The van der Waals surface area contributed by atoms with Crippen molar-refractivity contribution in [2.45, 2.75) is 38.6 Å². The number of rotatable bonds is 5. The van der Waals surface area contributed by atoms with E-state index in [1.807, 2.05) is 0 Å². The highest BCUT2D eigenvalue weighted by atomic mass is 16.5. The molecule has 0 unspecified atom stereocenters. The molecule has 0 aromatic rings. The Morgan fingerprint density at radius 1 is 1.38 bits per heavy atom. The molecule has 0 atom stereocenters. The van der Waals surface area contributed by atoms with Gasteiger partial charge in [0.2, 0.25) is 5.91 Å². The standard InChI is InChI=1S/C12H22N2O2/c1-12(4-6-16-7-5-12)9-13-8-11(15)14-10-2-3-10/h10,13H,2-9H2,1H3,(H,14,15). The van der Waals surface area contributed by atoms with Gasteiger partial charge in [0.25, 0.3) is 0 Å². The predicted octanol–water partition coefficient (Wildman–Crippen LogP) is 0.671. The lowest BCUT2D eigenvalue weighted by Gasteiger charge is -2.33. The van der Waals surface area contributed by atoms with Crippen LogP contribution in [-0.4, -0.2) is 38.3 Å². The predicted molar refractivity (Wildman–Crippen MR) is 62.2 cm³/mol. The van der Waals surface area contributed by atoms with Crippen molar-refractivity contribution in [1.29, 1.82) is 0 Å². The molecule has 2 aliphatic rings. The van der Waals surface area contributed by atoms with Gasteiger partial charge in [-0.3, -0.25) is 4.79 Å². The van der Waals surface area contributed by atoms with Gasteiger partial charge in [-0.25, -0.2) is 0 Å². The van der Waals surface area contributed by atoms with Gasteiger partial charge in [0.1, 0.15) is 0 Å². The Hall–Kier alpha value is -0.610. The van der Waals surface area contributed by atoms with Gasteiger partial charge in [-0.15, -0.1) is 0 Å². The molecule has 0 aromatic carbocycles. The van der Waals surface area contributed by atoms with Crippen molar-refractivity contribution < 1.29 is 9.53 Å². The van der Waals surface area contributed by atoms with Gasteiger partial charge < -0.3 is 15.4 Å². The molecule has 1 saturated carbocycles. The summed E-state index contributed by atoms with van der Waals surface area (Å²) in [5, 5.41) is 6.24. The maximum Gasteiger partial charge on any atom is 0.234 e. The topological polar surface area (TPSA) is 50.4 Å². The summed E-state index contributed by atoms with van der Waals surface area (Å²) in [6.45, 7) is 5.33. The normalized spacial score (nSPS) is 24.1. The summed E-state index contributed by atoms with van der Waals surface area (Å²) in [6, 6.07) is 0.466. The third-order valence-electron chi connectivity index (χ3n) is 3.48. The minimum Gasteiger partial charge on any atom is -0.381 e. The molecule has 1 saturated heterocycles. The Morgan fingerprint density at radius 3 is 2.69 bits per heavy atom. The van der Waals surface area contributed by atoms with Crippen LogP contribution < -0.4 is 10.6 Å². The number of hydrogen-bond acceptors (Lipinski definition) is 3. The monoisotopic (exact) mass is 226 g/mol. The van der Waals surface area contributed by atoms with Crippen molar-refractivity contribution in [2.75, 3.05) is 26.3 Å². The lowest BCUT2D eigenvalue weighted by Crippen LogP contribution is -2.41. The van der Waals surface area contributed by atoms with E-state index < -0.39 is 0 Å². The van der Waals surface area contributed by atoms with Crippen molar-refractivity contribution in [1.82, 2.24) is 10.6 Å². The van der Waals surface area contributed by atoms with Crippen LogP contribution in [0.5, 0.6) is 0 Å². The first-order chi connectivity index (χ1) is 7.68. The van der Waals surface area contributed by atoms with Crippen LogP contribution in [0.4, 0.5) is 0 Å². The van der Waals surface area contributed by atoms with E-state index >= 15 is 0 Å². The van der Waals surface area contributed by atoms with Gasteiger partial charge in [-0.1, -0.05) is 6.92 Å². The first-order valence-corrected chi connectivity index (χ1v) is 6.26. The van der Waals surface area contributed by atoms with E-state index in [4.69, 9.17) is 4.74 Å². The lowest BCUT2D eigenvalue weighted by atomic mass is 9.82.